The van der Waals surface area contributed by atoms with Crippen LogP contribution in [0.1, 0.15) is 38.2 Å². The standard InChI is InChI=1S/C14H19Br2Cl/c1-2-3-6-9-14(10-15,11-16)12-7-4-5-8-13(12)17/h4-5,7-8H,2-3,6,9-11H2,1H3. The van der Waals surface area contributed by atoms with E-state index in [4.69, 9.17) is 11.6 Å². The normalized spacial score (nSPS) is 11.8. The maximum atomic E-state index is 6.34. The number of hydrogen-bond donors (Lipinski definition) is 0. The Morgan fingerprint density at radius 1 is 1.12 bits per heavy atom. The monoisotopic (exact) mass is 380 g/mol. The molecule has 0 N–H and O–H groups in total. The number of halogens is 3. The Bertz CT molecular complexity index is 335. The van der Waals surface area contributed by atoms with Crippen LogP contribution in [0.15, 0.2) is 24.3 Å². The molecule has 0 radical (unpaired) electrons. The molecule has 96 valence electrons. The van der Waals surface area contributed by atoms with Gasteiger partial charge in [0.15, 0.2) is 0 Å². The first-order valence-electron chi connectivity index (χ1n) is 6.07. The second kappa shape index (κ2) is 7.81. The third kappa shape index (κ3) is 3.97. The highest BCUT2D eigenvalue weighted by Crippen LogP contribution is 2.38. The quantitative estimate of drug-likeness (QED) is 0.404. The maximum absolute atomic E-state index is 6.34. The minimum atomic E-state index is 0.119. The van der Waals surface area contributed by atoms with E-state index in [9.17, 15) is 0 Å². The number of benzene rings is 1. The second-order valence-electron chi connectivity index (χ2n) is 4.48. The molecule has 1 rings (SSSR count). The van der Waals surface area contributed by atoms with Gasteiger partial charge in [-0.3, -0.25) is 0 Å². The van der Waals surface area contributed by atoms with Crippen molar-refractivity contribution in [2.75, 3.05) is 10.7 Å². The van der Waals surface area contributed by atoms with E-state index in [0.29, 0.717) is 0 Å². The molecule has 1 aromatic carbocycles. The summed E-state index contributed by atoms with van der Waals surface area (Å²) in [5.41, 5.74) is 1.37. The first-order valence-corrected chi connectivity index (χ1v) is 8.69. The Kier molecular flexibility index (Phi) is 7.13. The first-order chi connectivity index (χ1) is 8.20. The Hall–Kier alpha value is 0.470. The van der Waals surface area contributed by atoms with Crippen LogP contribution in [-0.2, 0) is 5.41 Å². The minimum absolute atomic E-state index is 0.119. The lowest BCUT2D eigenvalue weighted by molar-refractivity contribution is 0.471. The van der Waals surface area contributed by atoms with Gasteiger partial charge >= 0.3 is 0 Å². The van der Waals surface area contributed by atoms with Crippen LogP contribution < -0.4 is 0 Å². The SMILES string of the molecule is CCCCCC(CBr)(CBr)c1ccccc1Cl. The molecule has 0 aliphatic carbocycles. The molecule has 0 heterocycles. The molecule has 0 unspecified atom stereocenters. The fourth-order valence-corrected chi connectivity index (χ4v) is 4.48. The van der Waals surface area contributed by atoms with Gasteiger partial charge < -0.3 is 0 Å². The molecule has 3 heteroatoms. The molecule has 0 aromatic heterocycles. The summed E-state index contributed by atoms with van der Waals surface area (Å²) >= 11 is 13.7. The molecule has 0 saturated carbocycles. The smallest absolute Gasteiger partial charge is 0.0444 e. The average molecular weight is 383 g/mol. The van der Waals surface area contributed by atoms with Crippen molar-refractivity contribution in [3.8, 4) is 0 Å². The lowest BCUT2D eigenvalue weighted by atomic mass is 9.80. The molecule has 0 saturated heterocycles. The zero-order valence-corrected chi connectivity index (χ0v) is 14.1. The molecule has 17 heavy (non-hydrogen) atoms. The van der Waals surface area contributed by atoms with Crippen LogP contribution in [0.2, 0.25) is 5.02 Å². The van der Waals surface area contributed by atoms with Crippen molar-refractivity contribution in [3.63, 3.8) is 0 Å². The minimum Gasteiger partial charge on any atom is -0.0918 e. The van der Waals surface area contributed by atoms with Gasteiger partial charge in [-0.25, -0.2) is 0 Å². The van der Waals surface area contributed by atoms with E-state index in [1.807, 2.05) is 12.1 Å². The molecular formula is C14H19Br2Cl. The van der Waals surface area contributed by atoms with Gasteiger partial charge in [0.05, 0.1) is 0 Å². The molecule has 0 aliphatic rings. The third-order valence-corrected chi connectivity index (χ3v) is 5.69. The number of rotatable bonds is 7. The highest BCUT2D eigenvalue weighted by Gasteiger charge is 2.31. The fraction of sp³-hybridized carbons (Fsp3) is 0.571. The summed E-state index contributed by atoms with van der Waals surface area (Å²) in [5.74, 6) is 0. The van der Waals surface area contributed by atoms with Gasteiger partial charge in [0.25, 0.3) is 0 Å². The van der Waals surface area contributed by atoms with Gasteiger partial charge in [0.2, 0.25) is 0 Å². The number of unbranched alkanes of at least 4 members (excludes halogenated alkanes) is 2. The summed E-state index contributed by atoms with van der Waals surface area (Å²) in [7, 11) is 0. The molecular weight excluding hydrogens is 363 g/mol. The van der Waals surface area contributed by atoms with Crippen LogP contribution in [0.3, 0.4) is 0 Å². The highest BCUT2D eigenvalue weighted by molar-refractivity contribution is 9.09. The molecule has 0 atom stereocenters. The van der Waals surface area contributed by atoms with Crippen molar-refractivity contribution < 1.29 is 0 Å². The van der Waals surface area contributed by atoms with Crippen LogP contribution in [0, 0.1) is 0 Å². The summed E-state index contributed by atoms with van der Waals surface area (Å²) in [6.45, 7) is 2.24. The van der Waals surface area contributed by atoms with Crippen LogP contribution in [-0.4, -0.2) is 10.7 Å². The summed E-state index contributed by atoms with van der Waals surface area (Å²) < 4.78 is 0. The largest absolute Gasteiger partial charge is 0.0918 e. The molecule has 0 fully saturated rings. The number of hydrogen-bond acceptors (Lipinski definition) is 0. The first kappa shape index (κ1) is 15.5. The van der Waals surface area contributed by atoms with Gasteiger partial charge in [-0.1, -0.05) is 87.8 Å². The Morgan fingerprint density at radius 3 is 2.29 bits per heavy atom. The van der Waals surface area contributed by atoms with Crippen LogP contribution in [0.5, 0.6) is 0 Å². The lowest BCUT2D eigenvalue weighted by Crippen LogP contribution is -2.30. The Labute approximate surface area is 126 Å². The van der Waals surface area contributed by atoms with Crippen molar-refractivity contribution >= 4 is 43.5 Å². The molecule has 0 spiro atoms. The van der Waals surface area contributed by atoms with Gasteiger partial charge in [0, 0.05) is 21.1 Å². The van der Waals surface area contributed by atoms with E-state index in [-0.39, 0.29) is 5.41 Å². The predicted octanol–water partition coefficient (Wildman–Crippen LogP) is 5.95. The predicted molar refractivity (Wildman–Crippen MR) is 84.9 cm³/mol. The van der Waals surface area contributed by atoms with Crippen molar-refractivity contribution in [2.24, 2.45) is 0 Å². The van der Waals surface area contributed by atoms with Crippen molar-refractivity contribution in [1.82, 2.24) is 0 Å². The summed E-state index contributed by atoms with van der Waals surface area (Å²) in [6.07, 6.45) is 4.95. The van der Waals surface area contributed by atoms with Crippen molar-refractivity contribution in [2.45, 2.75) is 38.0 Å². The topological polar surface area (TPSA) is 0 Å². The van der Waals surface area contributed by atoms with Gasteiger partial charge in [-0.05, 0) is 18.1 Å². The van der Waals surface area contributed by atoms with Crippen LogP contribution in [0.25, 0.3) is 0 Å². The van der Waals surface area contributed by atoms with Crippen molar-refractivity contribution in [1.29, 1.82) is 0 Å². The number of alkyl halides is 2. The zero-order chi connectivity index (χ0) is 12.7. The Morgan fingerprint density at radius 2 is 1.76 bits per heavy atom. The van der Waals surface area contributed by atoms with E-state index in [1.54, 1.807) is 0 Å². The van der Waals surface area contributed by atoms with Crippen LogP contribution >= 0.6 is 43.5 Å². The third-order valence-electron chi connectivity index (χ3n) is 3.22. The average Bonchev–Trinajstić information content (AvgIpc) is 2.36. The van der Waals surface area contributed by atoms with E-state index >= 15 is 0 Å². The molecule has 0 amide bonds. The van der Waals surface area contributed by atoms with Gasteiger partial charge in [-0.15, -0.1) is 0 Å². The molecule has 0 bridgehead atoms. The van der Waals surface area contributed by atoms with E-state index in [1.165, 1.54) is 31.2 Å². The molecule has 0 aliphatic heterocycles. The summed E-state index contributed by atoms with van der Waals surface area (Å²) in [6, 6.07) is 8.19. The van der Waals surface area contributed by atoms with Crippen molar-refractivity contribution in [3.05, 3.63) is 34.9 Å². The molecule has 1 aromatic rings. The van der Waals surface area contributed by atoms with Crippen LogP contribution in [0.4, 0.5) is 0 Å². The summed E-state index contributed by atoms with van der Waals surface area (Å²) in [5, 5.41) is 2.76. The maximum Gasteiger partial charge on any atom is 0.0444 e. The highest BCUT2D eigenvalue weighted by atomic mass is 79.9. The summed E-state index contributed by atoms with van der Waals surface area (Å²) in [4.78, 5) is 0. The van der Waals surface area contributed by atoms with Gasteiger partial charge in [-0.2, -0.15) is 0 Å². The van der Waals surface area contributed by atoms with E-state index in [0.717, 1.165) is 15.7 Å². The zero-order valence-electron chi connectivity index (χ0n) is 10.2. The van der Waals surface area contributed by atoms with E-state index in [2.05, 4.69) is 50.9 Å². The lowest BCUT2D eigenvalue weighted by Gasteiger charge is -2.31. The second-order valence-corrected chi connectivity index (χ2v) is 6.01. The van der Waals surface area contributed by atoms with E-state index < -0.39 is 0 Å². The van der Waals surface area contributed by atoms with Gasteiger partial charge in [0.1, 0.15) is 0 Å². The fourth-order valence-electron chi connectivity index (χ4n) is 2.05. The molecule has 0 nitrogen and oxygen atoms in total. The Balaban J connectivity index is 2.94.